The fraction of sp³-hybridized carbons (Fsp3) is 0.267. The molecule has 0 radical (unpaired) electrons. The molecule has 2 aromatic heterocycles. The van der Waals surface area contributed by atoms with Crippen LogP contribution in [0.2, 0.25) is 10.3 Å². The number of fused-ring (bicyclic) bond motifs is 1. The van der Waals surface area contributed by atoms with Crippen molar-refractivity contribution in [3.05, 3.63) is 46.0 Å². The number of amides is 1. The number of carbonyl (C=O) groups excluding carboxylic acids is 1. The molecule has 0 aliphatic carbocycles. The van der Waals surface area contributed by atoms with Crippen LogP contribution in [0.3, 0.4) is 0 Å². The van der Waals surface area contributed by atoms with Gasteiger partial charge in [0.05, 0.1) is 6.04 Å². The minimum absolute atomic E-state index is 0.0565. The number of benzene rings is 1. The Kier molecular flexibility index (Phi) is 4.18. The molecule has 4 rings (SSSR count). The fourth-order valence-electron chi connectivity index (χ4n) is 2.88. The number of hydrogen-bond donors (Lipinski definition) is 0. The van der Waals surface area contributed by atoms with Crippen molar-refractivity contribution in [3.8, 4) is 10.8 Å². The summed E-state index contributed by atoms with van der Waals surface area (Å²) in [6.07, 6.45) is 0. The molecule has 25 heavy (non-hydrogen) atoms. The number of carbonyl (C=O) groups is 1. The molecule has 10 heteroatoms. The maximum atomic E-state index is 12.8. The van der Waals surface area contributed by atoms with Crippen LogP contribution in [0.5, 0.6) is 0 Å². The van der Waals surface area contributed by atoms with E-state index in [2.05, 4.69) is 19.6 Å². The third-order valence-electron chi connectivity index (χ3n) is 4.13. The molecule has 0 saturated carbocycles. The highest BCUT2D eigenvalue weighted by atomic mass is 35.5. The predicted molar refractivity (Wildman–Crippen MR) is 94.8 cm³/mol. The molecule has 0 unspecified atom stereocenters. The predicted octanol–water partition coefficient (Wildman–Crippen LogP) is 3.32. The van der Waals surface area contributed by atoms with Crippen molar-refractivity contribution in [2.45, 2.75) is 19.5 Å². The summed E-state index contributed by atoms with van der Waals surface area (Å²) in [5.41, 5.74) is 0.598. The third-order valence-corrected chi connectivity index (χ3v) is 5.36. The summed E-state index contributed by atoms with van der Waals surface area (Å²) < 4.78 is 5.94. The summed E-state index contributed by atoms with van der Waals surface area (Å²) in [6, 6.07) is 6.67. The molecule has 128 valence electrons. The largest absolute Gasteiger partial charge is 0.327 e. The zero-order valence-electron chi connectivity index (χ0n) is 13.1. The Morgan fingerprint density at radius 1 is 1.20 bits per heavy atom. The minimum atomic E-state index is -0.207. The number of rotatable bonds is 2. The quantitative estimate of drug-likeness (QED) is 0.665. The maximum absolute atomic E-state index is 12.8. The van der Waals surface area contributed by atoms with E-state index in [0.29, 0.717) is 34.5 Å². The molecule has 1 atom stereocenters. The second kappa shape index (κ2) is 6.36. The lowest BCUT2D eigenvalue weighted by Crippen LogP contribution is -2.41. The highest BCUT2D eigenvalue weighted by molar-refractivity contribution is 7.09. The van der Waals surface area contributed by atoms with Gasteiger partial charge in [-0.15, -0.1) is 10.2 Å². The van der Waals surface area contributed by atoms with Crippen molar-refractivity contribution in [1.82, 2.24) is 29.0 Å². The maximum Gasteiger partial charge on any atom is 0.254 e. The van der Waals surface area contributed by atoms with Crippen LogP contribution in [0.4, 0.5) is 0 Å². The highest BCUT2D eigenvalue weighted by Crippen LogP contribution is 2.30. The van der Waals surface area contributed by atoms with Crippen LogP contribution in [0, 0.1) is 0 Å². The molecule has 0 bridgehead atoms. The molecule has 0 spiro atoms. The minimum Gasteiger partial charge on any atom is -0.327 e. The number of hydrogen-bond acceptors (Lipinski definition) is 6. The molecule has 0 fully saturated rings. The molecule has 1 aromatic carbocycles. The van der Waals surface area contributed by atoms with Crippen LogP contribution < -0.4 is 0 Å². The van der Waals surface area contributed by atoms with E-state index in [1.807, 2.05) is 11.5 Å². The Bertz CT molecular complexity index is 938. The molecule has 3 heterocycles. The average Bonchev–Trinajstić information content (AvgIpc) is 3.21. The van der Waals surface area contributed by atoms with Crippen molar-refractivity contribution < 1.29 is 4.79 Å². The van der Waals surface area contributed by atoms with Gasteiger partial charge in [0.15, 0.2) is 16.7 Å². The number of aromatic nitrogens is 5. The normalized spacial score (nSPS) is 16.8. The van der Waals surface area contributed by atoms with Gasteiger partial charge in [-0.25, -0.2) is 4.98 Å². The first-order valence-electron chi connectivity index (χ1n) is 7.54. The Morgan fingerprint density at radius 3 is 2.64 bits per heavy atom. The zero-order chi connectivity index (χ0) is 17.6. The van der Waals surface area contributed by atoms with Crippen LogP contribution in [-0.4, -0.2) is 41.5 Å². The molecule has 0 N–H and O–H groups in total. The van der Waals surface area contributed by atoms with E-state index < -0.39 is 0 Å². The fourth-order valence-corrected chi connectivity index (χ4v) is 3.80. The van der Waals surface area contributed by atoms with Crippen LogP contribution >= 0.6 is 34.7 Å². The van der Waals surface area contributed by atoms with Crippen LogP contribution in [0.25, 0.3) is 10.8 Å². The molecule has 1 aliphatic heterocycles. The van der Waals surface area contributed by atoms with Gasteiger partial charge in [0, 0.05) is 23.7 Å². The summed E-state index contributed by atoms with van der Waals surface area (Å²) in [4.78, 5) is 18.7. The Morgan fingerprint density at radius 2 is 1.96 bits per heavy atom. The topological polar surface area (TPSA) is 76.8 Å². The Hall–Kier alpha value is -2.03. The molecule has 7 nitrogen and oxygen atoms in total. The van der Waals surface area contributed by atoms with Gasteiger partial charge in [-0.2, -0.15) is 4.37 Å². The van der Waals surface area contributed by atoms with Crippen molar-refractivity contribution in [3.63, 3.8) is 0 Å². The van der Waals surface area contributed by atoms with Crippen molar-refractivity contribution >= 4 is 40.6 Å². The first-order valence-corrected chi connectivity index (χ1v) is 9.07. The standard InChI is InChI=1S/C15H12Cl2N6OS/c1-8-11-19-20-12(13-18-15(17)21-25-13)23(11)7-6-22(8)14(24)9-2-4-10(16)5-3-9/h2-5,8H,6-7H2,1H3/t8-/m1/s1. The second-order valence-electron chi connectivity index (χ2n) is 5.58. The zero-order valence-corrected chi connectivity index (χ0v) is 15.4. The summed E-state index contributed by atoms with van der Waals surface area (Å²) in [5.74, 6) is 1.29. The van der Waals surface area contributed by atoms with Gasteiger partial charge in [-0.1, -0.05) is 11.6 Å². The van der Waals surface area contributed by atoms with Gasteiger partial charge in [0.2, 0.25) is 5.28 Å². The highest BCUT2D eigenvalue weighted by Gasteiger charge is 2.32. The number of nitrogens with zero attached hydrogens (tertiary/aromatic N) is 6. The van der Waals surface area contributed by atoms with Crippen LogP contribution in [0.15, 0.2) is 24.3 Å². The summed E-state index contributed by atoms with van der Waals surface area (Å²) in [6.45, 7) is 3.07. The SMILES string of the molecule is C[C@@H]1c2nnc(-c3nc(Cl)ns3)n2CCN1C(=O)c1ccc(Cl)cc1. The van der Waals surface area contributed by atoms with E-state index in [0.717, 1.165) is 5.82 Å². The van der Waals surface area contributed by atoms with Gasteiger partial charge < -0.3 is 9.47 Å². The van der Waals surface area contributed by atoms with E-state index in [9.17, 15) is 4.79 Å². The third kappa shape index (κ3) is 2.90. The first-order chi connectivity index (χ1) is 12.0. The van der Waals surface area contributed by atoms with E-state index in [1.54, 1.807) is 29.2 Å². The summed E-state index contributed by atoms with van der Waals surface area (Å²) in [7, 11) is 0. The Balaban J connectivity index is 1.63. The van der Waals surface area contributed by atoms with Gasteiger partial charge in [-0.05, 0) is 54.3 Å². The average molecular weight is 395 g/mol. The van der Waals surface area contributed by atoms with E-state index in [1.165, 1.54) is 11.5 Å². The van der Waals surface area contributed by atoms with E-state index in [4.69, 9.17) is 23.2 Å². The molecule has 1 aliphatic rings. The van der Waals surface area contributed by atoms with Gasteiger partial charge in [0.1, 0.15) is 0 Å². The smallest absolute Gasteiger partial charge is 0.254 e. The van der Waals surface area contributed by atoms with E-state index in [-0.39, 0.29) is 17.2 Å². The lowest BCUT2D eigenvalue weighted by atomic mass is 10.1. The van der Waals surface area contributed by atoms with Crippen LogP contribution in [0.1, 0.15) is 29.1 Å². The molecule has 0 saturated heterocycles. The molecule has 1 amide bonds. The summed E-state index contributed by atoms with van der Waals surface area (Å²) >= 11 is 12.9. The first kappa shape index (κ1) is 16.4. The lowest BCUT2D eigenvalue weighted by molar-refractivity contribution is 0.0638. The van der Waals surface area contributed by atoms with Gasteiger partial charge in [-0.3, -0.25) is 4.79 Å². The lowest BCUT2D eigenvalue weighted by Gasteiger charge is -2.33. The number of halogens is 2. The van der Waals surface area contributed by atoms with Gasteiger partial charge in [0.25, 0.3) is 5.91 Å². The van der Waals surface area contributed by atoms with Crippen molar-refractivity contribution in [2.24, 2.45) is 0 Å². The van der Waals surface area contributed by atoms with Gasteiger partial charge >= 0.3 is 0 Å². The Labute approximate surface area is 157 Å². The molecular weight excluding hydrogens is 383 g/mol. The second-order valence-corrected chi connectivity index (χ2v) is 7.11. The van der Waals surface area contributed by atoms with Crippen molar-refractivity contribution in [2.75, 3.05) is 6.54 Å². The molecular formula is C15H12Cl2N6OS. The van der Waals surface area contributed by atoms with Crippen molar-refractivity contribution in [1.29, 1.82) is 0 Å². The van der Waals surface area contributed by atoms with Crippen LogP contribution in [-0.2, 0) is 6.54 Å². The van der Waals surface area contributed by atoms with E-state index >= 15 is 0 Å². The monoisotopic (exact) mass is 394 g/mol. The molecule has 3 aromatic rings. The summed E-state index contributed by atoms with van der Waals surface area (Å²) in [5, 5.41) is 9.89.